The quantitative estimate of drug-likeness (QED) is 0.0417. The SMILES string of the molecule is CN(C)c1cccc(Nc2cc(C3CCCNC3)nc3c(-c4cnn(C)c4)cnn23)c1.CN(C)c1cccc(Nc2ccnc3c(-c4cnn(C)c4)cnn23)c1.Cn1cc(-c2cnn3c(Nc4ccc(-n5ccnc5)cc4)cc(C4CCCNC4)nc23)cn1.Cn1cc(-c2cnn3c(Nc4ccc(O)cc4)ccnc23)cn1. The van der Waals surface area contributed by atoms with E-state index >= 15 is 0 Å². The van der Waals surface area contributed by atoms with Gasteiger partial charge in [0.25, 0.3) is 0 Å². The van der Waals surface area contributed by atoms with Crippen molar-refractivity contribution in [1.29, 1.82) is 0 Å². The van der Waals surface area contributed by atoms with Crippen LogP contribution in [0.2, 0.25) is 0 Å². The predicted octanol–water partition coefficient (Wildman–Crippen LogP) is 12.5. The molecular formula is C81H86N30O. The predicted molar refractivity (Wildman–Crippen MR) is 437 cm³/mol. The number of fused-ring (bicyclic) bond motifs is 4. The van der Waals surface area contributed by atoms with Gasteiger partial charge in [0.2, 0.25) is 0 Å². The molecule has 0 radical (unpaired) electrons. The topological polar surface area (TPSA) is 309 Å². The number of nitrogens with zero attached hydrogens (tertiary/aromatic N) is 24. The lowest BCUT2D eigenvalue weighted by Gasteiger charge is -2.23. The molecule has 2 unspecified atom stereocenters. The van der Waals surface area contributed by atoms with Gasteiger partial charge < -0.3 is 51.4 Å². The Kier molecular flexibility index (Phi) is 20.6. The minimum Gasteiger partial charge on any atom is -0.508 e. The van der Waals surface area contributed by atoms with Crippen molar-refractivity contribution in [3.05, 3.63) is 238 Å². The third kappa shape index (κ3) is 15.9. The molecule has 31 heteroatoms. The molecule has 0 aliphatic carbocycles. The first-order chi connectivity index (χ1) is 54.6. The number of piperidine rings is 2. The first-order valence-corrected chi connectivity index (χ1v) is 37.0. The fourth-order valence-corrected chi connectivity index (χ4v) is 13.8. The van der Waals surface area contributed by atoms with Crippen LogP contribution in [0.3, 0.4) is 0 Å². The van der Waals surface area contributed by atoms with Crippen molar-refractivity contribution in [1.82, 2.24) is 118 Å². The van der Waals surface area contributed by atoms with Crippen molar-refractivity contribution in [2.75, 3.05) is 85.4 Å². The van der Waals surface area contributed by atoms with Crippen molar-refractivity contribution in [2.24, 2.45) is 28.2 Å². The summed E-state index contributed by atoms with van der Waals surface area (Å²) in [5, 5.41) is 65.6. The molecule has 15 heterocycles. The summed E-state index contributed by atoms with van der Waals surface area (Å²) in [6.07, 6.45) is 36.2. The van der Waals surface area contributed by atoms with Crippen LogP contribution in [0.5, 0.6) is 5.75 Å². The zero-order valence-electron chi connectivity index (χ0n) is 63.4. The molecule has 17 aromatic rings. The van der Waals surface area contributed by atoms with Gasteiger partial charge in [-0.2, -0.15) is 58.9 Å². The van der Waals surface area contributed by atoms with Gasteiger partial charge in [0.05, 0.1) is 67.3 Å². The fourth-order valence-electron chi connectivity index (χ4n) is 13.8. The normalized spacial score (nSPS) is 14.1. The molecule has 566 valence electrons. The molecule has 0 bridgehead atoms. The first kappa shape index (κ1) is 72.1. The second-order valence-corrected chi connectivity index (χ2v) is 28.1. The van der Waals surface area contributed by atoms with Gasteiger partial charge in [-0.3, -0.25) is 18.7 Å². The van der Waals surface area contributed by atoms with Crippen LogP contribution >= 0.6 is 0 Å². The highest BCUT2D eigenvalue weighted by Gasteiger charge is 2.25. The molecule has 2 fully saturated rings. The van der Waals surface area contributed by atoms with Crippen LogP contribution in [0, 0.1) is 0 Å². The van der Waals surface area contributed by atoms with E-state index in [1.54, 1.807) is 84.8 Å². The van der Waals surface area contributed by atoms with E-state index in [4.69, 9.17) is 9.97 Å². The number of aromatic hydroxyl groups is 1. The van der Waals surface area contributed by atoms with Crippen LogP contribution in [0.15, 0.2) is 227 Å². The van der Waals surface area contributed by atoms with Gasteiger partial charge in [0.15, 0.2) is 22.6 Å². The van der Waals surface area contributed by atoms with E-state index in [1.165, 1.54) is 6.42 Å². The molecule has 7 N–H and O–H groups in total. The lowest BCUT2D eigenvalue weighted by Crippen LogP contribution is -2.29. The van der Waals surface area contributed by atoms with Gasteiger partial charge in [0.1, 0.15) is 29.0 Å². The molecule has 2 aliphatic heterocycles. The van der Waals surface area contributed by atoms with Gasteiger partial charge >= 0.3 is 0 Å². The van der Waals surface area contributed by atoms with Crippen molar-refractivity contribution in [2.45, 2.75) is 37.5 Å². The Morgan fingerprint density at radius 3 is 1.19 bits per heavy atom. The second-order valence-electron chi connectivity index (χ2n) is 28.1. The number of anilines is 10. The Morgan fingerprint density at radius 2 is 0.804 bits per heavy atom. The standard InChI is InChI=1S/C24H25N9.C23H28N8.C18H19N7.C16H14N6O/c1-31-15-18(13-27-31)21-14-28-33-23(11-22(30-24(21)33)17-3-2-8-25-12-17)29-19-4-6-20(7-5-19)32-10-9-26-16-32;1-29(2)19-8-4-7-18(10-19)27-22-11-21(16-6-5-9-24-12-16)28-23-20(14-26-31(22)23)17-13-25-30(3)15-17;1-23(2)15-6-4-5-14(9-15)22-17-7-8-19-18-16(11-21-25(17)18)13-10-20-24(3)12-13;1-21-10-11(8-18-21)14-9-19-22-15(6-7-17-16(14)22)20-12-2-4-13(23)5-3-12/h4-7,9-11,13-17,25,29H,2-3,8,12H2,1H3;4,7-8,10-11,13-16,24,27H,5-6,9,12H2,1-3H3;4-12,22H,1-3H3;2-10,20,23H,1H3. The zero-order chi connectivity index (χ0) is 76.8. The highest BCUT2D eigenvalue weighted by molar-refractivity contribution is 5.82. The van der Waals surface area contributed by atoms with Gasteiger partial charge in [-0.05, 0) is 136 Å². The van der Waals surface area contributed by atoms with Crippen LogP contribution in [0.4, 0.5) is 57.4 Å². The summed E-state index contributed by atoms with van der Waals surface area (Å²) < 4.78 is 16.4. The Morgan fingerprint density at radius 1 is 0.411 bits per heavy atom. The Hall–Kier alpha value is -14.1. The number of rotatable bonds is 17. The highest BCUT2D eigenvalue weighted by Crippen LogP contribution is 2.36. The molecule has 2 aliphatic rings. The maximum Gasteiger partial charge on any atom is 0.165 e. The van der Waals surface area contributed by atoms with E-state index in [9.17, 15) is 5.11 Å². The maximum absolute atomic E-state index is 9.36. The minimum atomic E-state index is 0.230. The van der Waals surface area contributed by atoms with E-state index in [0.717, 1.165) is 187 Å². The summed E-state index contributed by atoms with van der Waals surface area (Å²) in [6, 6.07) is 39.8. The number of aromatic nitrogens is 22. The summed E-state index contributed by atoms with van der Waals surface area (Å²) in [7, 11) is 15.8. The fraction of sp³-hybridized carbons (Fsp3) is 0.222. The molecular weight excluding hydrogens is 1410 g/mol. The molecule has 19 rings (SSSR count). The summed E-state index contributed by atoms with van der Waals surface area (Å²) >= 11 is 0. The zero-order valence-corrected chi connectivity index (χ0v) is 63.4. The molecule has 31 nitrogen and oxygen atoms in total. The number of phenolic OH excluding ortho intramolecular Hbond substituents is 1. The van der Waals surface area contributed by atoms with Gasteiger partial charge in [-0.25, -0.2) is 24.9 Å². The molecule has 0 spiro atoms. The molecule has 0 amide bonds. The van der Waals surface area contributed by atoms with Gasteiger partial charge in [0, 0.05) is 227 Å². The van der Waals surface area contributed by atoms with Gasteiger partial charge in [-0.1, -0.05) is 12.1 Å². The number of aryl methyl sites for hydroxylation is 4. The van der Waals surface area contributed by atoms with E-state index in [2.05, 4.69) is 170 Å². The largest absolute Gasteiger partial charge is 0.508 e. The molecule has 4 aromatic carbocycles. The Labute approximate surface area is 644 Å². The smallest absolute Gasteiger partial charge is 0.165 e. The van der Waals surface area contributed by atoms with Crippen molar-refractivity contribution in [3.8, 4) is 55.9 Å². The molecule has 0 saturated carbocycles. The second kappa shape index (κ2) is 32.0. The molecule has 13 aromatic heterocycles. The monoisotopic (exact) mass is 1490 g/mol. The summed E-state index contributed by atoms with van der Waals surface area (Å²) in [6.45, 7) is 4.04. The van der Waals surface area contributed by atoms with E-state index < -0.39 is 0 Å². The Balaban J connectivity index is 0.000000114. The number of hydrogen-bond acceptors (Lipinski definition) is 22. The number of nitrogens with one attached hydrogen (secondary N) is 6. The molecule has 112 heavy (non-hydrogen) atoms. The van der Waals surface area contributed by atoms with Gasteiger partial charge in [-0.15, -0.1) is 0 Å². The number of imidazole rings is 1. The van der Waals surface area contributed by atoms with Crippen molar-refractivity contribution < 1.29 is 5.11 Å². The average molecular weight is 1500 g/mol. The number of phenols is 1. The third-order valence-electron chi connectivity index (χ3n) is 19.6. The number of hydrogen-bond donors (Lipinski definition) is 7. The first-order valence-electron chi connectivity index (χ1n) is 37.0. The van der Waals surface area contributed by atoms with E-state index in [0.29, 0.717) is 11.8 Å². The Bertz CT molecular complexity index is 6040. The third-order valence-corrected chi connectivity index (χ3v) is 19.6. The van der Waals surface area contributed by atoms with Crippen molar-refractivity contribution in [3.63, 3.8) is 0 Å². The molecule has 2 atom stereocenters. The summed E-state index contributed by atoms with van der Waals surface area (Å²) in [5.74, 6) is 4.46. The van der Waals surface area contributed by atoms with Crippen LogP contribution in [0.25, 0.3) is 72.8 Å². The maximum atomic E-state index is 9.36. The molecule has 2 saturated heterocycles. The van der Waals surface area contributed by atoms with Crippen LogP contribution in [-0.4, -0.2) is 167 Å². The van der Waals surface area contributed by atoms with E-state index in [1.807, 2.05) is 167 Å². The van der Waals surface area contributed by atoms with Crippen LogP contribution < -0.4 is 41.7 Å². The summed E-state index contributed by atoms with van der Waals surface area (Å²) in [5.41, 5.74) is 20.4. The number of benzene rings is 4. The minimum absolute atomic E-state index is 0.230. The average Bonchev–Trinajstić information content (AvgIpc) is 1.56. The van der Waals surface area contributed by atoms with Crippen molar-refractivity contribution >= 4 is 80.0 Å². The van der Waals surface area contributed by atoms with Crippen LogP contribution in [0.1, 0.15) is 48.9 Å². The lowest BCUT2D eigenvalue weighted by atomic mass is 9.96. The lowest BCUT2D eigenvalue weighted by molar-refractivity contribution is 0.455. The van der Waals surface area contributed by atoms with E-state index in [-0.39, 0.29) is 5.75 Å². The van der Waals surface area contributed by atoms with Crippen LogP contribution in [-0.2, 0) is 28.2 Å². The highest BCUT2D eigenvalue weighted by atomic mass is 16.3. The summed E-state index contributed by atoms with van der Waals surface area (Å²) in [4.78, 5) is 27.3.